The fraction of sp³-hybridized carbons (Fsp3) is 0.304. The second-order valence-electron chi connectivity index (χ2n) is 8.45. The molecule has 0 saturated carbocycles. The lowest BCUT2D eigenvalue weighted by Crippen LogP contribution is -2.30. The second kappa shape index (κ2) is 7.91. The zero-order valence-corrected chi connectivity index (χ0v) is 17.7. The van der Waals surface area contributed by atoms with E-state index in [-0.39, 0.29) is 22.9 Å². The molecule has 1 aromatic heterocycles. The molecule has 2 aromatic carbocycles. The van der Waals surface area contributed by atoms with Crippen LogP contribution in [0.4, 0.5) is 0 Å². The van der Waals surface area contributed by atoms with Gasteiger partial charge in [0.05, 0.1) is 22.1 Å². The number of carboxylic acids is 1. The lowest BCUT2D eigenvalue weighted by molar-refractivity contribution is 0.0696. The highest BCUT2D eigenvalue weighted by Crippen LogP contribution is 2.33. The van der Waals surface area contributed by atoms with Crippen LogP contribution in [0.2, 0.25) is 5.02 Å². The Morgan fingerprint density at radius 2 is 1.72 bits per heavy atom. The predicted molar refractivity (Wildman–Crippen MR) is 116 cm³/mol. The van der Waals surface area contributed by atoms with Crippen molar-refractivity contribution in [1.29, 1.82) is 0 Å². The number of carbonyl (C=O) groups is 2. The summed E-state index contributed by atoms with van der Waals surface area (Å²) in [5, 5.41) is 13.3. The summed E-state index contributed by atoms with van der Waals surface area (Å²) in [4.78, 5) is 24.2. The Morgan fingerprint density at radius 3 is 2.31 bits per heavy atom. The summed E-state index contributed by atoms with van der Waals surface area (Å²) in [6.07, 6.45) is 0. The van der Waals surface area contributed by atoms with E-state index in [1.54, 1.807) is 12.1 Å². The molecule has 0 bridgehead atoms. The monoisotopic (exact) mass is 412 g/mol. The van der Waals surface area contributed by atoms with Crippen LogP contribution in [0.1, 0.15) is 60.1 Å². The van der Waals surface area contributed by atoms with E-state index in [2.05, 4.69) is 26.1 Å². The summed E-state index contributed by atoms with van der Waals surface area (Å²) in [7, 11) is 0. The molecule has 152 valence electrons. The van der Waals surface area contributed by atoms with Crippen LogP contribution in [-0.4, -0.2) is 21.6 Å². The summed E-state index contributed by atoms with van der Waals surface area (Å²) >= 11 is 6.62. The molecule has 2 N–H and O–H groups in total. The van der Waals surface area contributed by atoms with Crippen molar-refractivity contribution in [2.24, 2.45) is 5.41 Å². The molecule has 5 nitrogen and oxygen atoms in total. The number of amides is 1. The molecular formula is C23H25ClN2O3. The minimum atomic E-state index is -0.980. The van der Waals surface area contributed by atoms with Gasteiger partial charge in [0.15, 0.2) is 0 Å². The predicted octanol–water partition coefficient (Wildman–Crippen LogP) is 5.53. The van der Waals surface area contributed by atoms with Gasteiger partial charge in [0.1, 0.15) is 5.69 Å². The Hall–Kier alpha value is -2.79. The summed E-state index contributed by atoms with van der Waals surface area (Å²) in [5.41, 5.74) is 2.35. The molecule has 0 saturated heterocycles. The minimum absolute atomic E-state index is 0.0432. The van der Waals surface area contributed by atoms with Crippen LogP contribution in [0, 0.1) is 5.41 Å². The molecular weight excluding hydrogens is 388 g/mol. The first-order valence-corrected chi connectivity index (χ1v) is 9.87. The van der Waals surface area contributed by atoms with E-state index < -0.39 is 5.97 Å². The smallest absolute Gasteiger partial charge is 0.335 e. The third-order valence-corrected chi connectivity index (χ3v) is 5.14. The molecule has 1 atom stereocenters. The third-order valence-electron chi connectivity index (χ3n) is 4.76. The highest BCUT2D eigenvalue weighted by Gasteiger charge is 2.25. The first-order valence-electron chi connectivity index (χ1n) is 9.49. The molecule has 0 spiro atoms. The van der Waals surface area contributed by atoms with Crippen molar-refractivity contribution < 1.29 is 14.7 Å². The number of rotatable bonds is 5. The zero-order chi connectivity index (χ0) is 21.3. The number of carboxylic acid groups (broad SMARTS) is 1. The zero-order valence-electron chi connectivity index (χ0n) is 17.0. The third kappa shape index (κ3) is 4.46. The van der Waals surface area contributed by atoms with E-state index >= 15 is 0 Å². The number of nitrogens with one attached hydrogen (secondary N) is 1. The summed E-state index contributed by atoms with van der Waals surface area (Å²) < 4.78 is 1.98. The number of fused-ring (bicyclic) bond motifs is 1. The van der Waals surface area contributed by atoms with Gasteiger partial charge in [-0.3, -0.25) is 4.79 Å². The van der Waals surface area contributed by atoms with Gasteiger partial charge >= 0.3 is 5.97 Å². The van der Waals surface area contributed by atoms with Gasteiger partial charge in [0.2, 0.25) is 0 Å². The van der Waals surface area contributed by atoms with Gasteiger partial charge in [-0.05, 0) is 36.1 Å². The molecule has 6 heteroatoms. The molecule has 0 aliphatic heterocycles. The number of nitrogens with zero attached hydrogens (tertiary/aromatic N) is 1. The lowest BCUT2D eigenvalue weighted by Gasteiger charge is -2.22. The van der Waals surface area contributed by atoms with Crippen LogP contribution in [0.25, 0.3) is 10.9 Å². The number of halogens is 1. The molecule has 29 heavy (non-hydrogen) atoms. The van der Waals surface area contributed by atoms with Crippen molar-refractivity contribution in [3.63, 3.8) is 0 Å². The van der Waals surface area contributed by atoms with Gasteiger partial charge in [-0.2, -0.15) is 0 Å². The average Bonchev–Trinajstić information content (AvgIpc) is 2.92. The minimum Gasteiger partial charge on any atom is -0.478 e. The summed E-state index contributed by atoms with van der Waals surface area (Å²) in [6.45, 7) is 8.85. The van der Waals surface area contributed by atoms with Crippen molar-refractivity contribution in [3.05, 3.63) is 70.4 Å². The van der Waals surface area contributed by atoms with E-state index in [1.165, 1.54) is 12.1 Å². The van der Waals surface area contributed by atoms with Gasteiger partial charge in [0.25, 0.3) is 5.91 Å². The Morgan fingerprint density at radius 1 is 1.10 bits per heavy atom. The Bertz CT molecular complexity index is 1060. The fourth-order valence-electron chi connectivity index (χ4n) is 3.38. The molecule has 0 unspecified atom stereocenters. The molecule has 3 rings (SSSR count). The van der Waals surface area contributed by atoms with Crippen molar-refractivity contribution in [1.82, 2.24) is 9.88 Å². The van der Waals surface area contributed by atoms with Gasteiger partial charge in [-0.15, -0.1) is 0 Å². The van der Waals surface area contributed by atoms with Crippen LogP contribution in [0.5, 0.6) is 0 Å². The van der Waals surface area contributed by atoms with Gasteiger partial charge in [0, 0.05) is 11.9 Å². The number of benzene rings is 2. The number of carbonyl (C=O) groups excluding carboxylic acids is 1. The van der Waals surface area contributed by atoms with E-state index in [1.807, 2.05) is 35.8 Å². The van der Waals surface area contributed by atoms with E-state index in [9.17, 15) is 9.59 Å². The molecule has 0 radical (unpaired) electrons. The van der Waals surface area contributed by atoms with Crippen molar-refractivity contribution in [2.75, 3.05) is 0 Å². The molecule has 1 heterocycles. The highest BCUT2D eigenvalue weighted by atomic mass is 35.5. The first kappa shape index (κ1) is 20.9. The van der Waals surface area contributed by atoms with Crippen LogP contribution < -0.4 is 5.32 Å². The average molecular weight is 413 g/mol. The van der Waals surface area contributed by atoms with E-state index in [0.29, 0.717) is 17.3 Å². The van der Waals surface area contributed by atoms with E-state index in [4.69, 9.17) is 16.7 Å². The van der Waals surface area contributed by atoms with Gasteiger partial charge in [-0.25, -0.2) is 4.79 Å². The highest BCUT2D eigenvalue weighted by molar-refractivity contribution is 6.38. The maximum absolute atomic E-state index is 13.2. The quantitative estimate of drug-likeness (QED) is 0.578. The largest absolute Gasteiger partial charge is 0.478 e. The molecule has 0 aliphatic rings. The first-order chi connectivity index (χ1) is 13.6. The number of aromatic carboxylic acids is 1. The molecule has 0 fully saturated rings. The van der Waals surface area contributed by atoms with Crippen molar-refractivity contribution in [2.45, 2.75) is 40.3 Å². The topological polar surface area (TPSA) is 71.3 Å². The second-order valence-corrected chi connectivity index (χ2v) is 8.83. The van der Waals surface area contributed by atoms with E-state index in [0.717, 1.165) is 16.5 Å². The van der Waals surface area contributed by atoms with Crippen LogP contribution >= 0.6 is 11.6 Å². The van der Waals surface area contributed by atoms with Gasteiger partial charge < -0.3 is 15.0 Å². The lowest BCUT2D eigenvalue weighted by atomic mass is 9.96. The molecule has 1 amide bonds. The van der Waals surface area contributed by atoms with Crippen molar-refractivity contribution in [3.8, 4) is 0 Å². The Kier molecular flexibility index (Phi) is 5.71. The fourth-order valence-corrected chi connectivity index (χ4v) is 3.73. The van der Waals surface area contributed by atoms with Crippen LogP contribution in [0.15, 0.2) is 48.5 Å². The van der Waals surface area contributed by atoms with Crippen molar-refractivity contribution >= 4 is 34.4 Å². The summed E-state index contributed by atoms with van der Waals surface area (Å²) in [6, 6.07) is 13.9. The normalized spacial score (nSPS) is 12.7. The number of aromatic nitrogens is 1. The maximum atomic E-state index is 13.2. The van der Waals surface area contributed by atoms with Gasteiger partial charge in [-0.1, -0.05) is 62.7 Å². The number of hydrogen-bond donors (Lipinski definition) is 2. The number of para-hydroxylation sites is 1. The maximum Gasteiger partial charge on any atom is 0.335 e. The Labute approximate surface area is 175 Å². The van der Waals surface area contributed by atoms with Crippen LogP contribution in [0.3, 0.4) is 0 Å². The van der Waals surface area contributed by atoms with Crippen LogP contribution in [-0.2, 0) is 6.54 Å². The molecule has 0 aliphatic carbocycles. The number of hydrogen-bond acceptors (Lipinski definition) is 2. The SMILES string of the molecule is C[C@H](NC(=O)c1c(Cl)c2ccccc2n1CC(C)(C)C)c1ccc(C(=O)O)cc1. The summed E-state index contributed by atoms with van der Waals surface area (Å²) in [5.74, 6) is -1.24. The molecule has 3 aromatic rings. The Balaban J connectivity index is 1.95. The standard InChI is InChI=1S/C23H25ClN2O3/c1-14(15-9-11-16(12-10-15)22(28)29)25-21(27)20-19(24)17-7-5-6-8-18(17)26(20)13-23(2,3)4/h5-12,14H,13H2,1-4H3,(H,25,27)(H,28,29)/t14-/m0/s1.